The molecule has 0 bridgehead atoms. The summed E-state index contributed by atoms with van der Waals surface area (Å²) in [6.07, 6.45) is 3.80. The van der Waals surface area contributed by atoms with Gasteiger partial charge in [0.25, 0.3) is 5.56 Å². The van der Waals surface area contributed by atoms with Crippen molar-refractivity contribution >= 4 is 56.5 Å². The summed E-state index contributed by atoms with van der Waals surface area (Å²) in [5.74, 6) is 0.625. The van der Waals surface area contributed by atoms with Crippen LogP contribution in [0.25, 0.3) is 15.9 Å². The number of carbonyl (C=O) groups is 1. The predicted molar refractivity (Wildman–Crippen MR) is 159 cm³/mol. The minimum Gasteiger partial charge on any atom is -0.308 e. The van der Waals surface area contributed by atoms with Crippen LogP contribution in [0.1, 0.15) is 48.8 Å². The van der Waals surface area contributed by atoms with E-state index >= 15 is 0 Å². The van der Waals surface area contributed by atoms with E-state index in [1.165, 1.54) is 22.2 Å². The number of carbonyl (C=O) groups excluding carboxylic acids is 1. The molecule has 1 amide bonds. The molecule has 3 heterocycles. The average Bonchev–Trinajstić information content (AvgIpc) is 3.41. The Labute approximate surface area is 235 Å². The molecule has 0 radical (unpaired) electrons. The number of amides is 1. The maximum absolute atomic E-state index is 14.2. The van der Waals surface area contributed by atoms with Crippen LogP contribution < -0.4 is 10.5 Å². The number of aryl methyl sites for hydroxylation is 2. The first-order valence-electron chi connectivity index (χ1n) is 13.1. The predicted octanol–water partition coefficient (Wildman–Crippen LogP) is 6.99. The fraction of sp³-hybridized carbons (Fsp3) is 0.367. The zero-order valence-electron chi connectivity index (χ0n) is 22.0. The Morgan fingerprint density at radius 3 is 2.76 bits per heavy atom. The van der Waals surface area contributed by atoms with Gasteiger partial charge in [-0.3, -0.25) is 14.2 Å². The Bertz CT molecular complexity index is 1640. The number of thiophene rings is 1. The summed E-state index contributed by atoms with van der Waals surface area (Å²) in [5.41, 5.74) is 4.85. The van der Waals surface area contributed by atoms with Crippen LogP contribution in [0.15, 0.2) is 52.4 Å². The molecule has 0 N–H and O–H groups in total. The van der Waals surface area contributed by atoms with Gasteiger partial charge in [0.05, 0.1) is 16.3 Å². The van der Waals surface area contributed by atoms with Crippen molar-refractivity contribution in [1.29, 1.82) is 0 Å². The summed E-state index contributed by atoms with van der Waals surface area (Å²) >= 11 is 9.48. The molecule has 0 unspecified atom stereocenters. The lowest BCUT2D eigenvalue weighted by atomic mass is 9.89. The second kappa shape index (κ2) is 9.85. The third-order valence-corrected chi connectivity index (χ3v) is 10.4. The molecule has 1 aliphatic heterocycles. The van der Waals surface area contributed by atoms with Crippen molar-refractivity contribution in [3.05, 3.63) is 79.4 Å². The van der Waals surface area contributed by atoms with Crippen molar-refractivity contribution in [3.8, 4) is 5.69 Å². The third-order valence-electron chi connectivity index (χ3n) is 7.79. The number of para-hydroxylation sites is 1. The smallest absolute Gasteiger partial charge is 0.267 e. The number of rotatable bonds is 4. The second-order valence-corrected chi connectivity index (χ2v) is 13.4. The Morgan fingerprint density at radius 1 is 1.18 bits per heavy atom. The van der Waals surface area contributed by atoms with Crippen LogP contribution in [0.2, 0.25) is 5.02 Å². The molecule has 2 aliphatic rings. The average molecular weight is 564 g/mol. The van der Waals surface area contributed by atoms with E-state index in [-0.39, 0.29) is 17.5 Å². The molecule has 2 aromatic heterocycles. The summed E-state index contributed by atoms with van der Waals surface area (Å²) in [6.45, 7) is 8.20. The first-order valence-corrected chi connectivity index (χ1v) is 15.2. The van der Waals surface area contributed by atoms with Crippen molar-refractivity contribution in [1.82, 2.24) is 9.55 Å². The van der Waals surface area contributed by atoms with Crippen molar-refractivity contribution in [2.75, 3.05) is 4.90 Å². The Hall–Kier alpha value is -2.61. The molecule has 196 valence electrons. The molecule has 0 saturated carbocycles. The summed E-state index contributed by atoms with van der Waals surface area (Å²) in [4.78, 5) is 36.9. The first kappa shape index (κ1) is 25.7. The standard InChI is InChI=1S/C30H30ClN3O2S2/c1-16-9-12-22-25(13-16)38-27-26(22)29(36)34(21-11-10-17(2)23(31)15-21)30(32-27)37-19(4)28(35)33-18(3)14-20-7-5-6-8-24(20)33/h5-8,10-11,15-16,18-19H,9,12-14H2,1-4H3/t16-,18-,19-/m1/s1. The summed E-state index contributed by atoms with van der Waals surface area (Å²) in [6, 6.07) is 13.8. The molecule has 0 spiro atoms. The van der Waals surface area contributed by atoms with Crippen LogP contribution in [-0.2, 0) is 24.1 Å². The molecule has 6 rings (SSSR count). The first-order chi connectivity index (χ1) is 18.2. The number of halogens is 1. The zero-order valence-corrected chi connectivity index (χ0v) is 24.3. The van der Waals surface area contributed by atoms with Gasteiger partial charge in [-0.25, -0.2) is 4.98 Å². The summed E-state index contributed by atoms with van der Waals surface area (Å²) in [7, 11) is 0. The molecule has 1 aliphatic carbocycles. The molecule has 0 fully saturated rings. The van der Waals surface area contributed by atoms with Crippen molar-refractivity contribution in [3.63, 3.8) is 0 Å². The Morgan fingerprint density at radius 2 is 1.97 bits per heavy atom. The Kier molecular flexibility index (Phi) is 6.65. The molecule has 5 nitrogen and oxygen atoms in total. The van der Waals surface area contributed by atoms with Crippen molar-refractivity contribution in [2.45, 2.75) is 69.8 Å². The molecule has 0 saturated heterocycles. The number of hydrogen-bond acceptors (Lipinski definition) is 5. The molecule has 4 aromatic rings. The molecule has 2 aromatic carbocycles. The molecular weight excluding hydrogens is 534 g/mol. The van der Waals surface area contributed by atoms with E-state index in [9.17, 15) is 9.59 Å². The van der Waals surface area contributed by atoms with Gasteiger partial charge >= 0.3 is 0 Å². The number of benzene rings is 2. The fourth-order valence-electron chi connectivity index (χ4n) is 5.70. The van der Waals surface area contributed by atoms with E-state index in [1.807, 2.05) is 55.1 Å². The minimum atomic E-state index is -0.435. The molecule has 3 atom stereocenters. The maximum atomic E-state index is 14.2. The quantitative estimate of drug-likeness (QED) is 0.198. The van der Waals surface area contributed by atoms with E-state index in [0.29, 0.717) is 21.8 Å². The van der Waals surface area contributed by atoms with Gasteiger partial charge in [-0.2, -0.15) is 0 Å². The van der Waals surface area contributed by atoms with Gasteiger partial charge in [0, 0.05) is 21.6 Å². The SMILES string of the molecule is Cc1ccc(-n2c(S[C@H](C)C(=O)N3c4ccccc4C[C@H]3C)nc3sc4c(c3c2=O)CC[C@@H](C)C4)cc1Cl. The number of aromatic nitrogens is 2. The van der Waals surface area contributed by atoms with Gasteiger partial charge in [0.1, 0.15) is 4.83 Å². The fourth-order valence-corrected chi connectivity index (χ4v) is 8.28. The minimum absolute atomic E-state index is 0.0228. The van der Waals surface area contributed by atoms with Gasteiger partial charge in [0.15, 0.2) is 5.16 Å². The van der Waals surface area contributed by atoms with Gasteiger partial charge in [0.2, 0.25) is 5.91 Å². The number of fused-ring (bicyclic) bond motifs is 4. The van der Waals surface area contributed by atoms with Crippen LogP contribution >= 0.6 is 34.7 Å². The lowest BCUT2D eigenvalue weighted by Gasteiger charge is -2.26. The number of anilines is 1. The van der Waals surface area contributed by atoms with E-state index in [1.54, 1.807) is 15.9 Å². The molecular formula is C30H30ClN3O2S2. The van der Waals surface area contributed by atoms with E-state index in [2.05, 4.69) is 19.9 Å². The van der Waals surface area contributed by atoms with Crippen LogP contribution in [0.3, 0.4) is 0 Å². The van der Waals surface area contributed by atoms with E-state index < -0.39 is 5.25 Å². The van der Waals surface area contributed by atoms with Crippen LogP contribution in [0.4, 0.5) is 5.69 Å². The van der Waals surface area contributed by atoms with Gasteiger partial charge in [-0.05, 0) is 87.3 Å². The summed E-state index contributed by atoms with van der Waals surface area (Å²) in [5, 5.41) is 1.40. The third kappa shape index (κ3) is 4.29. The van der Waals surface area contributed by atoms with Gasteiger partial charge in [-0.15, -0.1) is 11.3 Å². The monoisotopic (exact) mass is 563 g/mol. The van der Waals surface area contributed by atoms with Crippen LogP contribution in [0.5, 0.6) is 0 Å². The van der Waals surface area contributed by atoms with Gasteiger partial charge < -0.3 is 4.90 Å². The number of hydrogen-bond donors (Lipinski definition) is 0. The van der Waals surface area contributed by atoms with E-state index in [4.69, 9.17) is 16.6 Å². The lowest BCUT2D eigenvalue weighted by molar-refractivity contribution is -0.118. The van der Waals surface area contributed by atoms with Crippen molar-refractivity contribution < 1.29 is 4.79 Å². The number of thioether (sulfide) groups is 1. The van der Waals surface area contributed by atoms with Crippen LogP contribution in [0, 0.1) is 12.8 Å². The highest BCUT2D eigenvalue weighted by Crippen LogP contribution is 2.39. The lowest BCUT2D eigenvalue weighted by Crippen LogP contribution is -2.40. The van der Waals surface area contributed by atoms with Crippen molar-refractivity contribution in [2.24, 2.45) is 5.92 Å². The Balaban J connectivity index is 1.45. The largest absolute Gasteiger partial charge is 0.308 e. The molecule has 38 heavy (non-hydrogen) atoms. The highest BCUT2D eigenvalue weighted by molar-refractivity contribution is 8.00. The van der Waals surface area contributed by atoms with Crippen LogP contribution in [-0.4, -0.2) is 26.8 Å². The van der Waals surface area contributed by atoms with Gasteiger partial charge in [-0.1, -0.05) is 54.6 Å². The normalized spacial score (nSPS) is 19.4. The topological polar surface area (TPSA) is 55.2 Å². The highest BCUT2D eigenvalue weighted by Gasteiger charge is 2.34. The maximum Gasteiger partial charge on any atom is 0.267 e. The highest BCUT2D eigenvalue weighted by atomic mass is 35.5. The summed E-state index contributed by atoms with van der Waals surface area (Å²) < 4.78 is 1.66. The second-order valence-electron chi connectivity index (χ2n) is 10.7. The molecule has 8 heteroatoms. The van der Waals surface area contributed by atoms with E-state index in [0.717, 1.165) is 52.7 Å². The number of nitrogens with zero attached hydrogens (tertiary/aromatic N) is 3. The zero-order chi connectivity index (χ0) is 26.7.